The highest BCUT2D eigenvalue weighted by Gasteiger charge is 2.30. The number of aromatic hydroxyl groups is 1. The molecule has 1 atom stereocenters. The maximum absolute atomic E-state index is 9.59. The Kier molecular flexibility index (Phi) is 4.83. The van der Waals surface area contributed by atoms with Gasteiger partial charge >= 0.3 is 0 Å². The summed E-state index contributed by atoms with van der Waals surface area (Å²) in [5.41, 5.74) is 7.23. The van der Waals surface area contributed by atoms with Crippen molar-refractivity contribution in [2.45, 2.75) is 44.6 Å². The van der Waals surface area contributed by atoms with Gasteiger partial charge in [0.25, 0.3) is 0 Å². The Hall–Kier alpha value is -1.06. The molecule has 0 amide bonds. The minimum absolute atomic E-state index is 0.00185. The molecule has 19 heavy (non-hydrogen) atoms. The second-order valence-corrected chi connectivity index (χ2v) is 5.95. The molecule has 1 aromatic carbocycles. The Bertz CT molecular complexity index is 399. The van der Waals surface area contributed by atoms with E-state index in [0.29, 0.717) is 12.3 Å². The van der Waals surface area contributed by atoms with E-state index in [1.165, 1.54) is 25.7 Å². The summed E-state index contributed by atoms with van der Waals surface area (Å²) in [7, 11) is 0. The van der Waals surface area contributed by atoms with E-state index < -0.39 is 0 Å². The van der Waals surface area contributed by atoms with Crippen LogP contribution in [0.2, 0.25) is 0 Å². The molecule has 1 aliphatic heterocycles. The predicted octanol–water partition coefficient (Wildman–Crippen LogP) is 2.53. The lowest BCUT2D eigenvalue weighted by molar-refractivity contribution is 0.114. The van der Waals surface area contributed by atoms with Gasteiger partial charge in [0.15, 0.2) is 0 Å². The standard InChI is InChI=1S/C16H26N2O/c1-16(13-17,18-9-4-2-3-5-10-18)12-14-7-6-8-15(19)11-14/h6-8,11,19H,2-5,9-10,12-13,17H2,1H3. The quantitative estimate of drug-likeness (QED) is 0.876. The smallest absolute Gasteiger partial charge is 0.115 e. The molecule has 0 saturated carbocycles. The minimum Gasteiger partial charge on any atom is -0.508 e. The molecular weight excluding hydrogens is 236 g/mol. The van der Waals surface area contributed by atoms with Gasteiger partial charge in [0.2, 0.25) is 0 Å². The topological polar surface area (TPSA) is 49.5 Å². The number of phenols is 1. The minimum atomic E-state index is -0.00185. The van der Waals surface area contributed by atoms with Gasteiger partial charge in [-0.05, 0) is 57.0 Å². The molecule has 0 radical (unpaired) electrons. The molecule has 1 saturated heterocycles. The van der Waals surface area contributed by atoms with Crippen LogP contribution < -0.4 is 5.73 Å². The molecule has 1 fully saturated rings. The van der Waals surface area contributed by atoms with E-state index in [4.69, 9.17) is 5.73 Å². The molecule has 0 spiro atoms. The molecule has 0 bridgehead atoms. The average molecular weight is 262 g/mol. The van der Waals surface area contributed by atoms with Gasteiger partial charge in [-0.15, -0.1) is 0 Å². The second kappa shape index (κ2) is 6.40. The fourth-order valence-electron chi connectivity index (χ4n) is 3.03. The van der Waals surface area contributed by atoms with Gasteiger partial charge in [-0.1, -0.05) is 25.0 Å². The van der Waals surface area contributed by atoms with Crippen molar-refractivity contribution in [1.29, 1.82) is 0 Å². The molecule has 1 aromatic rings. The van der Waals surface area contributed by atoms with Crippen molar-refractivity contribution in [1.82, 2.24) is 4.90 Å². The van der Waals surface area contributed by atoms with E-state index in [0.717, 1.165) is 25.1 Å². The molecule has 1 aliphatic rings. The lowest BCUT2D eigenvalue weighted by Crippen LogP contribution is -2.53. The van der Waals surface area contributed by atoms with E-state index in [2.05, 4.69) is 17.9 Å². The van der Waals surface area contributed by atoms with Crippen LogP contribution in [0.4, 0.5) is 0 Å². The highest BCUT2D eigenvalue weighted by Crippen LogP contribution is 2.25. The van der Waals surface area contributed by atoms with Gasteiger partial charge in [-0.25, -0.2) is 0 Å². The van der Waals surface area contributed by atoms with Gasteiger partial charge in [-0.2, -0.15) is 0 Å². The Balaban J connectivity index is 2.12. The highest BCUT2D eigenvalue weighted by molar-refractivity contribution is 5.28. The van der Waals surface area contributed by atoms with Crippen LogP contribution in [0.25, 0.3) is 0 Å². The van der Waals surface area contributed by atoms with Crippen molar-refractivity contribution in [3.05, 3.63) is 29.8 Å². The van der Waals surface area contributed by atoms with Gasteiger partial charge in [0.1, 0.15) is 5.75 Å². The summed E-state index contributed by atoms with van der Waals surface area (Å²) < 4.78 is 0. The Morgan fingerprint density at radius 3 is 2.47 bits per heavy atom. The molecule has 3 N–H and O–H groups in total. The first-order valence-corrected chi connectivity index (χ1v) is 7.37. The number of nitrogens with zero attached hydrogens (tertiary/aromatic N) is 1. The van der Waals surface area contributed by atoms with E-state index in [9.17, 15) is 5.11 Å². The Morgan fingerprint density at radius 1 is 1.21 bits per heavy atom. The summed E-state index contributed by atoms with van der Waals surface area (Å²) >= 11 is 0. The van der Waals surface area contributed by atoms with Crippen LogP contribution in [0.15, 0.2) is 24.3 Å². The molecule has 106 valence electrons. The number of nitrogens with two attached hydrogens (primary N) is 1. The zero-order valence-corrected chi connectivity index (χ0v) is 11.9. The Morgan fingerprint density at radius 2 is 1.89 bits per heavy atom. The van der Waals surface area contributed by atoms with E-state index in [1.54, 1.807) is 6.07 Å². The lowest BCUT2D eigenvalue weighted by Gasteiger charge is -2.40. The average Bonchev–Trinajstić information content (AvgIpc) is 2.68. The van der Waals surface area contributed by atoms with E-state index in [-0.39, 0.29) is 5.54 Å². The number of rotatable bonds is 4. The van der Waals surface area contributed by atoms with Gasteiger partial charge < -0.3 is 10.8 Å². The van der Waals surface area contributed by atoms with Crippen molar-refractivity contribution < 1.29 is 5.11 Å². The monoisotopic (exact) mass is 262 g/mol. The van der Waals surface area contributed by atoms with Crippen LogP contribution in [0.1, 0.15) is 38.2 Å². The number of benzene rings is 1. The van der Waals surface area contributed by atoms with Crippen molar-refractivity contribution in [3.63, 3.8) is 0 Å². The predicted molar refractivity (Wildman–Crippen MR) is 79.3 cm³/mol. The zero-order valence-electron chi connectivity index (χ0n) is 11.9. The normalized spacial score (nSPS) is 20.7. The zero-order chi connectivity index (χ0) is 13.7. The van der Waals surface area contributed by atoms with Crippen LogP contribution >= 0.6 is 0 Å². The molecule has 3 nitrogen and oxygen atoms in total. The van der Waals surface area contributed by atoms with Crippen molar-refractivity contribution in [2.75, 3.05) is 19.6 Å². The van der Waals surface area contributed by atoms with Gasteiger partial charge in [-0.3, -0.25) is 4.90 Å². The molecule has 2 rings (SSSR count). The third-order valence-electron chi connectivity index (χ3n) is 4.30. The first kappa shape index (κ1) is 14.4. The number of phenolic OH excluding ortho intramolecular Hbond substituents is 1. The van der Waals surface area contributed by atoms with Crippen molar-refractivity contribution in [2.24, 2.45) is 5.73 Å². The molecule has 1 unspecified atom stereocenters. The number of hydrogen-bond donors (Lipinski definition) is 2. The third-order valence-corrected chi connectivity index (χ3v) is 4.30. The summed E-state index contributed by atoms with van der Waals surface area (Å²) in [5, 5.41) is 9.59. The summed E-state index contributed by atoms with van der Waals surface area (Å²) in [5.74, 6) is 0.340. The fourth-order valence-corrected chi connectivity index (χ4v) is 3.03. The highest BCUT2D eigenvalue weighted by atomic mass is 16.3. The van der Waals surface area contributed by atoms with E-state index in [1.807, 2.05) is 12.1 Å². The molecular formula is C16H26N2O. The maximum atomic E-state index is 9.59. The first-order valence-electron chi connectivity index (χ1n) is 7.37. The summed E-state index contributed by atoms with van der Waals surface area (Å²) in [4.78, 5) is 2.55. The largest absolute Gasteiger partial charge is 0.508 e. The summed E-state index contributed by atoms with van der Waals surface area (Å²) in [6.45, 7) is 5.20. The summed E-state index contributed by atoms with van der Waals surface area (Å²) in [6.07, 6.45) is 6.12. The number of hydrogen-bond acceptors (Lipinski definition) is 3. The van der Waals surface area contributed by atoms with Crippen LogP contribution in [0.5, 0.6) is 5.75 Å². The molecule has 0 aromatic heterocycles. The van der Waals surface area contributed by atoms with Gasteiger partial charge in [0, 0.05) is 12.1 Å². The van der Waals surface area contributed by atoms with Crippen LogP contribution in [0.3, 0.4) is 0 Å². The lowest BCUT2D eigenvalue weighted by atomic mass is 9.90. The van der Waals surface area contributed by atoms with Crippen LogP contribution in [-0.2, 0) is 6.42 Å². The second-order valence-electron chi connectivity index (χ2n) is 5.95. The molecule has 0 aliphatic carbocycles. The molecule has 3 heteroatoms. The van der Waals surface area contributed by atoms with E-state index >= 15 is 0 Å². The Labute approximate surface area is 116 Å². The van der Waals surface area contributed by atoms with Crippen molar-refractivity contribution >= 4 is 0 Å². The van der Waals surface area contributed by atoms with Crippen molar-refractivity contribution in [3.8, 4) is 5.75 Å². The molecule has 1 heterocycles. The fraction of sp³-hybridized carbons (Fsp3) is 0.625. The first-order chi connectivity index (χ1) is 9.14. The maximum Gasteiger partial charge on any atom is 0.115 e. The third kappa shape index (κ3) is 3.71. The van der Waals surface area contributed by atoms with Crippen LogP contribution in [-0.4, -0.2) is 35.2 Å². The number of likely N-dealkylation sites (tertiary alicyclic amines) is 1. The van der Waals surface area contributed by atoms with Gasteiger partial charge in [0.05, 0.1) is 0 Å². The summed E-state index contributed by atoms with van der Waals surface area (Å²) in [6, 6.07) is 7.55. The van der Waals surface area contributed by atoms with Crippen LogP contribution in [0, 0.1) is 0 Å². The SMILES string of the molecule is CC(CN)(Cc1cccc(O)c1)N1CCCCCC1.